The van der Waals surface area contributed by atoms with Gasteiger partial charge in [-0.2, -0.15) is 4.31 Å². The van der Waals surface area contributed by atoms with Gasteiger partial charge in [-0.15, -0.1) is 11.3 Å². The molecule has 8 heteroatoms. The van der Waals surface area contributed by atoms with E-state index in [1.807, 2.05) is 37.3 Å². The van der Waals surface area contributed by atoms with Gasteiger partial charge in [-0.05, 0) is 56.9 Å². The normalized spacial score (nSPS) is 20.7. The molecule has 29 heavy (non-hydrogen) atoms. The summed E-state index contributed by atoms with van der Waals surface area (Å²) in [6.45, 7) is 4.60. The first-order valence-electron chi connectivity index (χ1n) is 10.2. The van der Waals surface area contributed by atoms with Crippen LogP contribution in [0.1, 0.15) is 30.6 Å². The van der Waals surface area contributed by atoms with Crippen molar-refractivity contribution in [1.82, 2.24) is 4.31 Å². The number of sulfonamides is 1. The van der Waals surface area contributed by atoms with Crippen LogP contribution in [0.3, 0.4) is 0 Å². The lowest BCUT2D eigenvalue weighted by Crippen LogP contribution is -2.43. The highest BCUT2D eigenvalue weighted by molar-refractivity contribution is 7.91. The van der Waals surface area contributed by atoms with E-state index in [0.29, 0.717) is 23.6 Å². The number of nitrogens with one attached hydrogen (secondary N) is 1. The first-order chi connectivity index (χ1) is 13.9. The predicted octanol–water partition coefficient (Wildman–Crippen LogP) is 3.70. The van der Waals surface area contributed by atoms with E-state index in [0.717, 1.165) is 29.3 Å². The van der Waals surface area contributed by atoms with E-state index in [-0.39, 0.29) is 18.4 Å². The lowest BCUT2D eigenvalue weighted by Gasteiger charge is -2.31. The molecule has 4 rings (SSSR count). The largest absolute Gasteiger partial charge is 0.370 e. The average molecular weight is 434 g/mol. The molecule has 2 aliphatic rings. The molecule has 0 saturated carbocycles. The van der Waals surface area contributed by atoms with Gasteiger partial charge in [0.05, 0.1) is 17.3 Å². The van der Waals surface area contributed by atoms with Gasteiger partial charge in [0, 0.05) is 31.1 Å². The van der Waals surface area contributed by atoms with E-state index in [1.54, 1.807) is 6.07 Å². The number of amides is 1. The van der Waals surface area contributed by atoms with Gasteiger partial charge in [0.1, 0.15) is 4.21 Å². The average Bonchev–Trinajstić information content (AvgIpc) is 3.41. The zero-order valence-corrected chi connectivity index (χ0v) is 18.3. The maximum Gasteiger partial charge on any atom is 0.252 e. The minimum Gasteiger partial charge on any atom is -0.370 e. The maximum atomic E-state index is 13.0. The highest BCUT2D eigenvalue weighted by atomic mass is 32.2. The molecular formula is C21H27N3O3S2. The lowest BCUT2D eigenvalue weighted by molar-refractivity contribution is -0.120. The number of thiophene rings is 1. The Kier molecular flexibility index (Phi) is 5.94. The highest BCUT2D eigenvalue weighted by Gasteiger charge is 2.34. The molecule has 2 fully saturated rings. The zero-order chi connectivity index (χ0) is 20.4. The summed E-state index contributed by atoms with van der Waals surface area (Å²) in [5.74, 6) is -0.440. The molecule has 2 aromatic rings. The molecule has 1 N–H and O–H groups in total. The molecule has 3 heterocycles. The Morgan fingerprint density at radius 2 is 1.83 bits per heavy atom. The van der Waals surface area contributed by atoms with Crippen molar-refractivity contribution in [3.63, 3.8) is 0 Å². The molecular weight excluding hydrogens is 406 g/mol. The van der Waals surface area contributed by atoms with Crippen LogP contribution in [-0.4, -0.2) is 44.8 Å². The number of hydrogen-bond acceptors (Lipinski definition) is 5. The molecule has 1 aromatic heterocycles. The summed E-state index contributed by atoms with van der Waals surface area (Å²) in [6.07, 6.45) is 3.72. The summed E-state index contributed by atoms with van der Waals surface area (Å²) >= 11 is 1.28. The number of carbonyl (C=O) groups excluding carboxylic acids is 1. The number of nitrogens with zero attached hydrogens (tertiary/aromatic N) is 2. The van der Waals surface area contributed by atoms with Crippen LogP contribution in [0.5, 0.6) is 0 Å². The Morgan fingerprint density at radius 3 is 2.55 bits per heavy atom. The van der Waals surface area contributed by atoms with Crippen molar-refractivity contribution in [2.45, 2.75) is 36.8 Å². The van der Waals surface area contributed by atoms with Crippen molar-refractivity contribution < 1.29 is 13.2 Å². The molecule has 1 amide bonds. The smallest absolute Gasteiger partial charge is 0.252 e. The van der Waals surface area contributed by atoms with E-state index >= 15 is 0 Å². The Bertz CT molecular complexity index is 981. The van der Waals surface area contributed by atoms with E-state index in [9.17, 15) is 13.2 Å². The Hall–Kier alpha value is -1.90. The quantitative estimate of drug-likeness (QED) is 0.781. The van der Waals surface area contributed by atoms with Crippen molar-refractivity contribution in [3.05, 3.63) is 41.3 Å². The van der Waals surface area contributed by atoms with Crippen LogP contribution in [0, 0.1) is 12.8 Å². The Labute approximate surface area is 176 Å². The molecule has 2 aliphatic heterocycles. The van der Waals surface area contributed by atoms with Crippen molar-refractivity contribution in [2.75, 3.05) is 36.4 Å². The van der Waals surface area contributed by atoms with Crippen molar-refractivity contribution in [2.24, 2.45) is 5.92 Å². The molecule has 6 nitrogen and oxygen atoms in total. The number of carbonyl (C=O) groups is 1. The van der Waals surface area contributed by atoms with E-state index < -0.39 is 10.0 Å². The van der Waals surface area contributed by atoms with Crippen LogP contribution in [0.15, 0.2) is 40.6 Å². The fourth-order valence-corrected chi connectivity index (χ4v) is 7.06. The number of benzene rings is 1. The van der Waals surface area contributed by atoms with Crippen molar-refractivity contribution in [3.8, 4) is 0 Å². The van der Waals surface area contributed by atoms with E-state index in [4.69, 9.17) is 0 Å². The topological polar surface area (TPSA) is 69.7 Å². The monoisotopic (exact) mass is 433 g/mol. The second-order valence-corrected chi connectivity index (χ2v) is 11.2. The van der Waals surface area contributed by atoms with Crippen molar-refractivity contribution >= 4 is 38.6 Å². The molecule has 0 spiro atoms. The van der Waals surface area contributed by atoms with Gasteiger partial charge in [0.15, 0.2) is 0 Å². The Morgan fingerprint density at radius 1 is 1.07 bits per heavy atom. The van der Waals surface area contributed by atoms with Gasteiger partial charge in [-0.3, -0.25) is 4.79 Å². The number of rotatable bonds is 5. The van der Waals surface area contributed by atoms with Gasteiger partial charge < -0.3 is 10.2 Å². The number of hydrogen-bond donors (Lipinski definition) is 1. The first-order valence-corrected chi connectivity index (χ1v) is 12.4. The minimum atomic E-state index is -3.54. The van der Waals surface area contributed by atoms with Crippen molar-refractivity contribution in [1.29, 1.82) is 0 Å². The molecule has 0 bridgehead atoms. The summed E-state index contributed by atoms with van der Waals surface area (Å²) in [5, 5.41) is 3.07. The van der Waals surface area contributed by atoms with Gasteiger partial charge in [0.25, 0.3) is 10.0 Å². The summed E-state index contributed by atoms with van der Waals surface area (Å²) in [5.41, 5.74) is 1.86. The standard InChI is InChI=1S/C21H27N3O3S2/c1-16-10-11-20(28-16)29(26,27)24-14-6-7-17(15-24)21(25)22-18-8-2-3-9-19(18)23-12-4-5-13-23/h2-3,8-11,17H,4-7,12-15H2,1H3,(H,22,25)/t17-/m1/s1. The molecule has 2 saturated heterocycles. The number of anilines is 2. The van der Waals surface area contributed by atoms with Crippen LogP contribution >= 0.6 is 11.3 Å². The number of para-hydroxylation sites is 2. The summed E-state index contributed by atoms with van der Waals surface area (Å²) in [6, 6.07) is 11.4. The molecule has 156 valence electrons. The molecule has 0 radical (unpaired) electrons. The summed E-state index contributed by atoms with van der Waals surface area (Å²) < 4.78 is 27.7. The molecule has 0 unspecified atom stereocenters. The fourth-order valence-electron chi connectivity index (χ4n) is 4.10. The third-order valence-corrected chi connectivity index (χ3v) is 9.01. The van der Waals surface area contributed by atoms with Crippen LogP contribution in [-0.2, 0) is 14.8 Å². The van der Waals surface area contributed by atoms with Gasteiger partial charge in [-0.1, -0.05) is 12.1 Å². The fraction of sp³-hybridized carbons (Fsp3) is 0.476. The van der Waals surface area contributed by atoms with Gasteiger partial charge in [-0.25, -0.2) is 8.42 Å². The second-order valence-electron chi connectivity index (χ2n) is 7.77. The lowest BCUT2D eigenvalue weighted by atomic mass is 9.98. The van der Waals surface area contributed by atoms with E-state index in [1.165, 1.54) is 28.5 Å². The van der Waals surface area contributed by atoms with Crippen LogP contribution in [0.4, 0.5) is 11.4 Å². The third-order valence-electron chi connectivity index (χ3n) is 5.67. The summed E-state index contributed by atoms with van der Waals surface area (Å²) in [4.78, 5) is 16.3. The highest BCUT2D eigenvalue weighted by Crippen LogP contribution is 2.31. The maximum absolute atomic E-state index is 13.0. The second kappa shape index (κ2) is 8.45. The van der Waals surface area contributed by atoms with Gasteiger partial charge >= 0.3 is 0 Å². The van der Waals surface area contributed by atoms with Crippen LogP contribution in [0.2, 0.25) is 0 Å². The first kappa shape index (κ1) is 20.4. The number of piperidine rings is 1. The predicted molar refractivity (Wildman–Crippen MR) is 117 cm³/mol. The summed E-state index contributed by atoms with van der Waals surface area (Å²) in [7, 11) is -3.54. The number of aryl methyl sites for hydroxylation is 1. The van der Waals surface area contributed by atoms with Crippen LogP contribution < -0.4 is 10.2 Å². The van der Waals surface area contributed by atoms with Crippen LogP contribution in [0.25, 0.3) is 0 Å². The zero-order valence-electron chi connectivity index (χ0n) is 16.6. The van der Waals surface area contributed by atoms with E-state index in [2.05, 4.69) is 10.2 Å². The molecule has 0 aliphatic carbocycles. The molecule has 1 aromatic carbocycles. The third kappa shape index (κ3) is 4.34. The molecule has 1 atom stereocenters. The Balaban J connectivity index is 1.47. The van der Waals surface area contributed by atoms with Gasteiger partial charge in [0.2, 0.25) is 5.91 Å². The minimum absolute atomic E-state index is 0.0982. The SMILES string of the molecule is Cc1ccc(S(=O)(=O)N2CCC[C@@H](C(=O)Nc3ccccc3N3CCCC3)C2)s1.